The number of hydrogen-bond acceptors (Lipinski definition) is 5. The quantitative estimate of drug-likeness (QED) is 0.653. The molecule has 1 aromatic rings. The van der Waals surface area contributed by atoms with Crippen LogP contribution in [0.2, 0.25) is 5.02 Å². The minimum Gasteiger partial charge on any atom is -0.506 e. The Labute approximate surface area is 157 Å². The predicted octanol–water partition coefficient (Wildman–Crippen LogP) is 2.30. The number of amides is 2. The Morgan fingerprint density at radius 1 is 1.44 bits per heavy atom. The Balaban J connectivity index is 1.86. The Morgan fingerprint density at radius 3 is 2.76 bits per heavy atom. The van der Waals surface area contributed by atoms with Crippen LogP contribution in [0.5, 0.6) is 5.75 Å². The molecule has 4 N–H and O–H groups in total. The van der Waals surface area contributed by atoms with Crippen LogP contribution >= 0.6 is 23.4 Å². The number of anilines is 1. The number of phenols is 1. The van der Waals surface area contributed by atoms with Crippen molar-refractivity contribution in [1.82, 2.24) is 4.90 Å². The fourth-order valence-corrected chi connectivity index (χ4v) is 3.47. The van der Waals surface area contributed by atoms with Gasteiger partial charge in [0.25, 0.3) is 0 Å². The Bertz CT molecular complexity index is 621. The van der Waals surface area contributed by atoms with E-state index in [4.69, 9.17) is 17.3 Å². The molecular formula is C17H24ClN3O3S. The van der Waals surface area contributed by atoms with Crippen LogP contribution in [0.3, 0.4) is 0 Å². The molecule has 1 saturated heterocycles. The molecular weight excluding hydrogens is 362 g/mol. The molecule has 0 bridgehead atoms. The van der Waals surface area contributed by atoms with Crippen LogP contribution in [0, 0.1) is 5.92 Å². The number of carbonyl (C=O) groups excluding carboxylic acids is 2. The molecule has 0 radical (unpaired) electrons. The molecule has 1 aliphatic rings. The third kappa shape index (κ3) is 5.52. The summed E-state index contributed by atoms with van der Waals surface area (Å²) in [5, 5.41) is 12.9. The van der Waals surface area contributed by atoms with Crippen LogP contribution in [0.25, 0.3) is 0 Å². The summed E-state index contributed by atoms with van der Waals surface area (Å²) in [4.78, 5) is 26.4. The van der Waals surface area contributed by atoms with Gasteiger partial charge in [-0.1, -0.05) is 11.6 Å². The maximum absolute atomic E-state index is 12.4. The predicted molar refractivity (Wildman–Crippen MR) is 102 cm³/mol. The van der Waals surface area contributed by atoms with Gasteiger partial charge >= 0.3 is 0 Å². The van der Waals surface area contributed by atoms with Gasteiger partial charge in [0.15, 0.2) is 0 Å². The highest BCUT2D eigenvalue weighted by molar-refractivity contribution is 7.98. The molecule has 0 spiro atoms. The highest BCUT2D eigenvalue weighted by Gasteiger charge is 2.29. The molecule has 0 unspecified atom stereocenters. The normalized spacial score (nSPS) is 16.5. The summed E-state index contributed by atoms with van der Waals surface area (Å²) in [6, 6.07) is 4.03. The lowest BCUT2D eigenvalue weighted by atomic mass is 9.95. The lowest BCUT2D eigenvalue weighted by Gasteiger charge is -2.33. The molecule has 2 amide bonds. The number of nitrogens with zero attached hydrogens (tertiary/aromatic N) is 1. The lowest BCUT2D eigenvalue weighted by molar-refractivity contribution is -0.135. The first-order valence-electron chi connectivity index (χ1n) is 8.25. The summed E-state index contributed by atoms with van der Waals surface area (Å²) in [6.07, 6.45) is 3.80. The number of carbonyl (C=O) groups is 2. The van der Waals surface area contributed by atoms with Crippen LogP contribution in [0.15, 0.2) is 18.2 Å². The topological polar surface area (TPSA) is 95.7 Å². The van der Waals surface area contributed by atoms with Gasteiger partial charge in [-0.3, -0.25) is 9.59 Å². The third-order valence-corrected chi connectivity index (χ3v) is 5.22. The van der Waals surface area contributed by atoms with Gasteiger partial charge < -0.3 is 21.1 Å². The van der Waals surface area contributed by atoms with Gasteiger partial charge in [0.2, 0.25) is 11.8 Å². The zero-order valence-corrected chi connectivity index (χ0v) is 15.8. The molecule has 1 aromatic carbocycles. The number of aromatic hydroxyl groups is 1. The van der Waals surface area contributed by atoms with E-state index < -0.39 is 6.04 Å². The van der Waals surface area contributed by atoms with Crippen molar-refractivity contribution in [1.29, 1.82) is 0 Å². The molecule has 1 heterocycles. The molecule has 25 heavy (non-hydrogen) atoms. The second kappa shape index (κ2) is 9.31. The summed E-state index contributed by atoms with van der Waals surface area (Å²) in [5.41, 5.74) is 6.24. The number of halogens is 1. The van der Waals surface area contributed by atoms with E-state index in [0.29, 0.717) is 43.1 Å². The highest BCUT2D eigenvalue weighted by atomic mass is 35.5. The summed E-state index contributed by atoms with van der Waals surface area (Å²) in [5.74, 6) is 0.418. The standard InChI is InChI=1S/C17H24ClN3O3S/c1-25-9-6-13(19)17(24)21-7-4-11(5-8-21)16(23)20-14-10-12(18)2-3-15(14)22/h2-3,10-11,13,22H,4-9,19H2,1H3,(H,20,23)/t13-/m0/s1. The molecule has 138 valence electrons. The largest absolute Gasteiger partial charge is 0.506 e. The molecule has 6 nitrogen and oxygen atoms in total. The van der Waals surface area contributed by atoms with Gasteiger partial charge in [-0.2, -0.15) is 11.8 Å². The average molecular weight is 386 g/mol. The molecule has 0 saturated carbocycles. The molecule has 0 aromatic heterocycles. The minimum atomic E-state index is -0.471. The molecule has 8 heteroatoms. The molecule has 2 rings (SSSR count). The van der Waals surface area contributed by atoms with Gasteiger partial charge in [0.1, 0.15) is 5.75 Å². The van der Waals surface area contributed by atoms with Crippen molar-refractivity contribution in [2.24, 2.45) is 11.7 Å². The minimum absolute atomic E-state index is 0.0230. The molecule has 1 atom stereocenters. The zero-order chi connectivity index (χ0) is 18.4. The molecule has 0 aliphatic carbocycles. The second-order valence-corrected chi connectivity index (χ2v) is 7.56. The number of hydrogen-bond donors (Lipinski definition) is 3. The van der Waals surface area contributed by atoms with E-state index in [0.717, 1.165) is 5.75 Å². The van der Waals surface area contributed by atoms with E-state index in [-0.39, 0.29) is 23.5 Å². The van der Waals surface area contributed by atoms with Crippen LogP contribution in [-0.2, 0) is 9.59 Å². The molecule has 1 aliphatic heterocycles. The van der Waals surface area contributed by atoms with Crippen molar-refractivity contribution in [2.45, 2.75) is 25.3 Å². The zero-order valence-electron chi connectivity index (χ0n) is 14.2. The van der Waals surface area contributed by atoms with Gasteiger partial charge in [0, 0.05) is 24.0 Å². The van der Waals surface area contributed by atoms with E-state index in [1.54, 1.807) is 22.7 Å². The molecule has 1 fully saturated rings. The van der Waals surface area contributed by atoms with Gasteiger partial charge in [-0.25, -0.2) is 0 Å². The monoisotopic (exact) mass is 385 g/mol. The number of benzene rings is 1. The Hall–Kier alpha value is -1.44. The lowest BCUT2D eigenvalue weighted by Crippen LogP contribution is -2.48. The van der Waals surface area contributed by atoms with Gasteiger partial charge in [0.05, 0.1) is 11.7 Å². The third-order valence-electron chi connectivity index (χ3n) is 4.34. The highest BCUT2D eigenvalue weighted by Crippen LogP contribution is 2.28. The fraction of sp³-hybridized carbons (Fsp3) is 0.529. The van der Waals surface area contributed by atoms with Gasteiger partial charge in [-0.05, 0) is 49.5 Å². The van der Waals surface area contributed by atoms with E-state index in [2.05, 4.69) is 5.32 Å². The first kappa shape index (κ1) is 19.9. The van der Waals surface area contributed by atoms with Crippen LogP contribution < -0.4 is 11.1 Å². The van der Waals surface area contributed by atoms with Crippen LogP contribution in [0.1, 0.15) is 19.3 Å². The van der Waals surface area contributed by atoms with E-state index in [9.17, 15) is 14.7 Å². The van der Waals surface area contributed by atoms with Gasteiger partial charge in [-0.15, -0.1) is 0 Å². The first-order chi connectivity index (χ1) is 11.9. The van der Waals surface area contributed by atoms with E-state index in [1.165, 1.54) is 12.1 Å². The summed E-state index contributed by atoms with van der Waals surface area (Å²) in [6.45, 7) is 1.04. The number of nitrogens with two attached hydrogens (primary N) is 1. The van der Waals surface area contributed by atoms with E-state index in [1.807, 2.05) is 6.26 Å². The average Bonchev–Trinajstić information content (AvgIpc) is 2.62. The fourth-order valence-electron chi connectivity index (χ4n) is 2.81. The Kier molecular flexibility index (Phi) is 7.40. The van der Waals surface area contributed by atoms with Crippen molar-refractivity contribution in [3.8, 4) is 5.75 Å². The second-order valence-electron chi connectivity index (χ2n) is 6.14. The first-order valence-corrected chi connectivity index (χ1v) is 10.0. The maximum atomic E-state index is 12.4. The van der Waals surface area contributed by atoms with Crippen LogP contribution in [-0.4, -0.2) is 53.0 Å². The van der Waals surface area contributed by atoms with Crippen LogP contribution in [0.4, 0.5) is 5.69 Å². The number of thioether (sulfide) groups is 1. The van der Waals surface area contributed by atoms with Crippen molar-refractivity contribution in [2.75, 3.05) is 30.4 Å². The number of likely N-dealkylation sites (tertiary alicyclic amines) is 1. The van der Waals surface area contributed by atoms with Crippen molar-refractivity contribution < 1.29 is 14.7 Å². The Morgan fingerprint density at radius 2 is 2.12 bits per heavy atom. The number of piperidine rings is 1. The van der Waals surface area contributed by atoms with E-state index >= 15 is 0 Å². The smallest absolute Gasteiger partial charge is 0.239 e. The summed E-state index contributed by atoms with van der Waals surface area (Å²) in [7, 11) is 0. The number of phenolic OH excluding ortho intramolecular Hbond substituents is 1. The number of nitrogens with one attached hydrogen (secondary N) is 1. The van der Waals surface area contributed by atoms with Crippen molar-refractivity contribution >= 4 is 40.9 Å². The number of rotatable bonds is 6. The maximum Gasteiger partial charge on any atom is 0.239 e. The summed E-state index contributed by atoms with van der Waals surface area (Å²) >= 11 is 7.55. The van der Waals surface area contributed by atoms with Crippen molar-refractivity contribution in [3.05, 3.63) is 23.2 Å². The summed E-state index contributed by atoms with van der Waals surface area (Å²) < 4.78 is 0. The SMILES string of the molecule is CSCC[C@H](N)C(=O)N1CCC(C(=O)Nc2cc(Cl)ccc2O)CC1. The van der Waals surface area contributed by atoms with Crippen molar-refractivity contribution in [3.63, 3.8) is 0 Å².